The number of hydrogen-bond donors (Lipinski definition) is 2. The van der Waals surface area contributed by atoms with E-state index in [0.717, 1.165) is 5.69 Å². The highest BCUT2D eigenvalue weighted by Gasteiger charge is 2.07. The molecule has 2 rings (SSSR count). The number of aromatic nitrogens is 1. The first kappa shape index (κ1) is 12.0. The van der Waals surface area contributed by atoms with Gasteiger partial charge in [0.25, 0.3) is 0 Å². The number of rotatable bonds is 3. The fourth-order valence-electron chi connectivity index (χ4n) is 1.56. The van der Waals surface area contributed by atoms with Crippen LogP contribution in [0.3, 0.4) is 0 Å². The molecule has 92 valence electrons. The first-order valence-corrected chi connectivity index (χ1v) is 5.38. The van der Waals surface area contributed by atoms with Crippen LogP contribution < -0.4 is 10.6 Å². The van der Waals surface area contributed by atoms with Gasteiger partial charge in [0.1, 0.15) is 23.2 Å². The Bertz CT molecular complexity index is 565. The Morgan fingerprint density at radius 1 is 1.22 bits per heavy atom. The van der Waals surface area contributed by atoms with Crippen LogP contribution in [0.1, 0.15) is 5.69 Å². The largest absolute Gasteiger partial charge is 0.382 e. The second kappa shape index (κ2) is 4.83. The number of benzene rings is 1. The van der Waals surface area contributed by atoms with E-state index in [4.69, 9.17) is 11.1 Å². The fraction of sp³-hybridized carbons (Fsp3) is 0.0769. The van der Waals surface area contributed by atoms with E-state index in [2.05, 4.69) is 4.98 Å². The monoisotopic (exact) mass is 244 g/mol. The van der Waals surface area contributed by atoms with Crippen molar-refractivity contribution in [2.24, 2.45) is 5.73 Å². The first-order valence-electron chi connectivity index (χ1n) is 5.38. The third-order valence-electron chi connectivity index (χ3n) is 2.57. The third-order valence-corrected chi connectivity index (χ3v) is 2.57. The number of anilines is 2. The Hall–Kier alpha value is -2.43. The molecule has 0 fully saturated rings. The maximum Gasteiger partial charge on any atom is 0.141 e. The van der Waals surface area contributed by atoms with Gasteiger partial charge in [0.05, 0.1) is 0 Å². The summed E-state index contributed by atoms with van der Waals surface area (Å²) in [5, 5.41) is 7.35. The van der Waals surface area contributed by atoms with Crippen molar-refractivity contribution in [3.8, 4) is 0 Å². The summed E-state index contributed by atoms with van der Waals surface area (Å²) in [6.45, 7) is 0. The molecule has 1 aromatic carbocycles. The van der Waals surface area contributed by atoms with Crippen molar-refractivity contribution in [3.63, 3.8) is 0 Å². The van der Waals surface area contributed by atoms with Crippen molar-refractivity contribution >= 4 is 17.3 Å². The highest BCUT2D eigenvalue weighted by Crippen LogP contribution is 2.21. The van der Waals surface area contributed by atoms with E-state index < -0.39 is 0 Å². The maximum absolute atomic E-state index is 12.8. The number of nitrogen functional groups attached to an aromatic ring is 1. The Balaban J connectivity index is 2.33. The lowest BCUT2D eigenvalue weighted by molar-refractivity contribution is 0.628. The van der Waals surface area contributed by atoms with Gasteiger partial charge in [-0.3, -0.25) is 5.41 Å². The van der Waals surface area contributed by atoms with E-state index in [1.165, 1.54) is 12.1 Å². The molecule has 3 N–H and O–H groups in total. The molecule has 0 saturated carbocycles. The van der Waals surface area contributed by atoms with Crippen LogP contribution in [0, 0.1) is 11.2 Å². The summed E-state index contributed by atoms with van der Waals surface area (Å²) in [5.74, 6) is 0.288. The van der Waals surface area contributed by atoms with Crippen molar-refractivity contribution in [1.82, 2.24) is 4.98 Å². The van der Waals surface area contributed by atoms with Gasteiger partial charge in [-0.25, -0.2) is 9.37 Å². The predicted octanol–water partition coefficient (Wildman–Crippen LogP) is 2.27. The minimum atomic E-state index is -0.280. The van der Waals surface area contributed by atoms with E-state index >= 15 is 0 Å². The zero-order chi connectivity index (χ0) is 13.1. The van der Waals surface area contributed by atoms with Gasteiger partial charge in [-0.2, -0.15) is 0 Å². The Kier molecular flexibility index (Phi) is 3.23. The second-order valence-corrected chi connectivity index (χ2v) is 3.83. The lowest BCUT2D eigenvalue weighted by Crippen LogP contribution is -2.16. The number of amidine groups is 1. The molecular weight excluding hydrogens is 231 g/mol. The molecule has 18 heavy (non-hydrogen) atoms. The van der Waals surface area contributed by atoms with E-state index in [9.17, 15) is 4.39 Å². The Morgan fingerprint density at radius 3 is 2.50 bits per heavy atom. The molecule has 2 aromatic rings. The van der Waals surface area contributed by atoms with Crippen LogP contribution in [0.15, 0.2) is 42.5 Å². The topological polar surface area (TPSA) is 66.0 Å². The van der Waals surface area contributed by atoms with Crippen LogP contribution in [-0.4, -0.2) is 17.9 Å². The average Bonchev–Trinajstić information content (AvgIpc) is 2.39. The van der Waals surface area contributed by atoms with Crippen molar-refractivity contribution in [2.45, 2.75) is 0 Å². The molecule has 0 radical (unpaired) electrons. The predicted molar refractivity (Wildman–Crippen MR) is 69.7 cm³/mol. The van der Waals surface area contributed by atoms with Crippen LogP contribution in [0.5, 0.6) is 0 Å². The summed E-state index contributed by atoms with van der Waals surface area (Å²) < 4.78 is 12.8. The normalized spacial score (nSPS) is 10.1. The molecule has 0 spiro atoms. The van der Waals surface area contributed by atoms with E-state index in [1.807, 2.05) is 7.05 Å². The van der Waals surface area contributed by atoms with Gasteiger partial charge in [-0.1, -0.05) is 6.07 Å². The van der Waals surface area contributed by atoms with Gasteiger partial charge < -0.3 is 10.6 Å². The van der Waals surface area contributed by atoms with E-state index in [0.29, 0.717) is 11.5 Å². The third kappa shape index (κ3) is 2.45. The molecule has 5 heteroatoms. The molecule has 0 bridgehead atoms. The summed E-state index contributed by atoms with van der Waals surface area (Å²) in [7, 11) is 1.82. The lowest BCUT2D eigenvalue weighted by Gasteiger charge is -2.18. The van der Waals surface area contributed by atoms with Crippen molar-refractivity contribution in [3.05, 3.63) is 54.0 Å². The molecule has 1 aromatic heterocycles. The zero-order valence-electron chi connectivity index (χ0n) is 9.89. The number of hydrogen-bond acceptors (Lipinski definition) is 3. The number of halogens is 1. The van der Waals surface area contributed by atoms with Crippen LogP contribution in [-0.2, 0) is 0 Å². The summed E-state index contributed by atoms with van der Waals surface area (Å²) >= 11 is 0. The second-order valence-electron chi connectivity index (χ2n) is 3.83. The summed E-state index contributed by atoms with van der Waals surface area (Å²) in [5.41, 5.74) is 6.62. The van der Waals surface area contributed by atoms with E-state index in [-0.39, 0.29) is 11.7 Å². The molecule has 1 heterocycles. The van der Waals surface area contributed by atoms with Crippen molar-refractivity contribution in [2.75, 3.05) is 11.9 Å². The quantitative estimate of drug-likeness (QED) is 0.643. The van der Waals surface area contributed by atoms with Gasteiger partial charge in [0, 0.05) is 12.7 Å². The Morgan fingerprint density at radius 2 is 1.89 bits per heavy atom. The van der Waals surface area contributed by atoms with Gasteiger partial charge in [0.15, 0.2) is 0 Å². The number of nitrogens with one attached hydrogen (secondary N) is 1. The first-order chi connectivity index (χ1) is 8.58. The van der Waals surface area contributed by atoms with Crippen LogP contribution in [0.4, 0.5) is 15.9 Å². The smallest absolute Gasteiger partial charge is 0.141 e. The molecule has 0 saturated heterocycles. The van der Waals surface area contributed by atoms with Crippen molar-refractivity contribution in [1.29, 1.82) is 5.41 Å². The number of nitrogens with zero attached hydrogens (tertiary/aromatic N) is 2. The van der Waals surface area contributed by atoms with Crippen LogP contribution >= 0.6 is 0 Å². The van der Waals surface area contributed by atoms with E-state index in [1.54, 1.807) is 35.2 Å². The highest BCUT2D eigenvalue weighted by atomic mass is 19.1. The van der Waals surface area contributed by atoms with Crippen LogP contribution in [0.2, 0.25) is 0 Å². The number of nitrogens with two attached hydrogens (primary N) is 1. The highest BCUT2D eigenvalue weighted by molar-refractivity contribution is 5.93. The zero-order valence-corrected chi connectivity index (χ0v) is 9.89. The lowest BCUT2D eigenvalue weighted by atomic mass is 10.2. The average molecular weight is 244 g/mol. The molecular formula is C13H13FN4. The molecule has 0 atom stereocenters. The molecule has 0 unspecified atom stereocenters. The molecule has 0 amide bonds. The Labute approximate surface area is 104 Å². The minimum Gasteiger partial charge on any atom is -0.382 e. The summed E-state index contributed by atoms with van der Waals surface area (Å²) in [6, 6.07) is 11.4. The van der Waals surface area contributed by atoms with Gasteiger partial charge in [-0.15, -0.1) is 0 Å². The minimum absolute atomic E-state index is 0.0793. The van der Waals surface area contributed by atoms with Gasteiger partial charge >= 0.3 is 0 Å². The van der Waals surface area contributed by atoms with Gasteiger partial charge in [0.2, 0.25) is 0 Å². The molecule has 4 nitrogen and oxygen atoms in total. The molecule has 0 aliphatic heterocycles. The molecule has 0 aliphatic carbocycles. The maximum atomic E-state index is 12.8. The summed E-state index contributed by atoms with van der Waals surface area (Å²) in [4.78, 5) is 6.05. The fourth-order valence-corrected chi connectivity index (χ4v) is 1.56. The van der Waals surface area contributed by atoms with Crippen molar-refractivity contribution < 1.29 is 4.39 Å². The summed E-state index contributed by atoms with van der Waals surface area (Å²) in [6.07, 6.45) is 0. The van der Waals surface area contributed by atoms with Gasteiger partial charge in [-0.05, 0) is 36.4 Å². The standard InChI is InChI=1S/C13H13FN4/c1-18(10-7-5-9(14)6-8-10)12-4-2-3-11(17-12)13(15)16/h2-8H,1H3,(H3,15,16). The van der Waals surface area contributed by atoms with Crippen LogP contribution in [0.25, 0.3) is 0 Å². The molecule has 0 aliphatic rings. The number of pyridine rings is 1. The SMILES string of the molecule is CN(c1ccc(F)cc1)c1cccc(C(=N)N)n1.